The van der Waals surface area contributed by atoms with Crippen LogP contribution in [0, 0.1) is 6.92 Å². The quantitative estimate of drug-likeness (QED) is 0.574. The minimum atomic E-state index is -1.23. The maximum absolute atomic E-state index is 12.4. The first-order chi connectivity index (χ1) is 10.7. The summed E-state index contributed by atoms with van der Waals surface area (Å²) in [7, 11) is 3.29. The van der Waals surface area contributed by atoms with Gasteiger partial charge in [-0.05, 0) is 24.6 Å². The van der Waals surface area contributed by atoms with Gasteiger partial charge in [-0.1, -0.05) is 0 Å². The highest BCUT2D eigenvalue weighted by molar-refractivity contribution is 7.90. The van der Waals surface area contributed by atoms with Crippen LogP contribution in [-0.2, 0) is 21.7 Å². The average molecular weight is 323 g/mol. The second kappa shape index (κ2) is 8.07. The first-order valence-corrected chi connectivity index (χ1v) is 8.25. The van der Waals surface area contributed by atoms with Crippen LogP contribution in [0.2, 0.25) is 0 Å². The zero-order chi connectivity index (χ0) is 15.9. The van der Waals surface area contributed by atoms with Crippen LogP contribution >= 0.6 is 0 Å². The number of hydrogen-bond acceptors (Lipinski definition) is 5. The summed E-state index contributed by atoms with van der Waals surface area (Å²) >= 11 is -1.23. The highest BCUT2D eigenvalue weighted by Crippen LogP contribution is 2.29. The van der Waals surface area contributed by atoms with Crippen molar-refractivity contribution >= 4 is 16.9 Å². The molecule has 0 radical (unpaired) electrons. The molecule has 0 spiro atoms. The Morgan fingerprint density at radius 3 is 2.82 bits per heavy atom. The van der Waals surface area contributed by atoms with Gasteiger partial charge >= 0.3 is 5.16 Å². The number of methoxy groups -OCH3 is 2. The fourth-order valence-electron chi connectivity index (χ4n) is 2.11. The highest BCUT2D eigenvalue weighted by Gasteiger charge is 2.18. The molecule has 22 heavy (non-hydrogen) atoms. The second-order valence-electron chi connectivity index (χ2n) is 4.78. The fourth-order valence-corrected chi connectivity index (χ4v) is 3.14. The van der Waals surface area contributed by atoms with Crippen LogP contribution in [0.25, 0.3) is 0 Å². The van der Waals surface area contributed by atoms with Crippen LogP contribution in [-0.4, -0.2) is 41.9 Å². The number of H-pyrrole nitrogens is 1. The van der Waals surface area contributed by atoms with Gasteiger partial charge in [0.1, 0.15) is 11.5 Å². The van der Waals surface area contributed by atoms with E-state index >= 15 is 0 Å². The van der Waals surface area contributed by atoms with Gasteiger partial charge in [-0.2, -0.15) is 4.98 Å². The molecule has 1 aromatic heterocycles. The normalized spacial score (nSPS) is 12.2. The number of imidazole rings is 1. The van der Waals surface area contributed by atoms with Gasteiger partial charge in [0.05, 0.1) is 13.7 Å². The first-order valence-electron chi connectivity index (χ1n) is 6.93. The summed E-state index contributed by atoms with van der Waals surface area (Å²) in [4.78, 5) is 6.94. The molecule has 6 nitrogen and oxygen atoms in total. The van der Waals surface area contributed by atoms with Crippen molar-refractivity contribution in [1.82, 2.24) is 9.97 Å². The molecule has 0 fully saturated rings. The van der Waals surface area contributed by atoms with Crippen molar-refractivity contribution in [2.75, 3.05) is 32.7 Å². The lowest BCUT2D eigenvalue weighted by atomic mass is 10.1. The maximum atomic E-state index is 12.4. The Balaban J connectivity index is 2.21. The van der Waals surface area contributed by atoms with Crippen molar-refractivity contribution in [3.8, 4) is 5.75 Å². The summed E-state index contributed by atoms with van der Waals surface area (Å²) < 4.78 is 22.8. The summed E-state index contributed by atoms with van der Waals surface area (Å²) in [5.41, 5.74) is 2.89. The highest BCUT2D eigenvalue weighted by atomic mass is 32.2. The van der Waals surface area contributed by atoms with E-state index in [0.29, 0.717) is 24.1 Å². The molecule has 120 valence electrons. The maximum Gasteiger partial charge on any atom is 0.320 e. The second-order valence-corrected chi connectivity index (χ2v) is 6.15. The van der Waals surface area contributed by atoms with E-state index in [1.807, 2.05) is 19.1 Å². The third-order valence-electron chi connectivity index (χ3n) is 3.22. The third kappa shape index (κ3) is 4.16. The van der Waals surface area contributed by atoms with Crippen LogP contribution < -0.4 is 10.1 Å². The van der Waals surface area contributed by atoms with E-state index in [9.17, 15) is 4.55 Å². The predicted molar refractivity (Wildman–Crippen MR) is 86.8 cm³/mol. The van der Waals surface area contributed by atoms with Gasteiger partial charge in [-0.3, -0.25) is 0 Å². The monoisotopic (exact) mass is 323 g/mol. The minimum absolute atomic E-state index is 0.361. The molecule has 0 bridgehead atoms. The molecule has 2 aromatic rings. The van der Waals surface area contributed by atoms with Crippen LogP contribution in [0.5, 0.6) is 5.75 Å². The van der Waals surface area contributed by atoms with E-state index in [2.05, 4.69) is 15.3 Å². The number of aromatic nitrogens is 2. The van der Waals surface area contributed by atoms with Gasteiger partial charge in [0.2, 0.25) is 0 Å². The summed E-state index contributed by atoms with van der Waals surface area (Å²) in [5.74, 6) is 1.14. The van der Waals surface area contributed by atoms with Crippen LogP contribution in [0.15, 0.2) is 29.7 Å². The molecule has 7 heteroatoms. The van der Waals surface area contributed by atoms with Crippen LogP contribution in [0.1, 0.15) is 11.1 Å². The molecule has 0 aliphatic heterocycles. The Morgan fingerprint density at radius 2 is 2.18 bits per heavy atom. The number of rotatable bonds is 8. The smallest absolute Gasteiger partial charge is 0.320 e. The predicted octanol–water partition coefficient (Wildman–Crippen LogP) is 2.09. The van der Waals surface area contributed by atoms with Gasteiger partial charge in [-0.15, -0.1) is 0 Å². The number of ether oxygens (including phenoxy) is 2. The van der Waals surface area contributed by atoms with E-state index in [4.69, 9.17) is 9.47 Å². The molecule has 0 saturated heterocycles. The van der Waals surface area contributed by atoms with E-state index in [-0.39, 0.29) is 0 Å². The van der Waals surface area contributed by atoms with Crippen molar-refractivity contribution < 1.29 is 14.0 Å². The van der Waals surface area contributed by atoms with E-state index in [1.54, 1.807) is 26.6 Å². The molecule has 0 aliphatic carbocycles. The summed E-state index contributed by atoms with van der Waals surface area (Å²) in [6.07, 6.45) is 3.27. The van der Waals surface area contributed by atoms with E-state index in [0.717, 1.165) is 22.6 Å². The Bertz CT molecular complexity index is 590. The van der Waals surface area contributed by atoms with Gasteiger partial charge < -0.3 is 24.3 Å². The molecule has 1 unspecified atom stereocenters. The Kier molecular flexibility index (Phi) is 6.11. The summed E-state index contributed by atoms with van der Waals surface area (Å²) in [6.45, 7) is 3.27. The molecule has 1 aromatic carbocycles. The zero-order valence-corrected chi connectivity index (χ0v) is 13.8. The van der Waals surface area contributed by atoms with Gasteiger partial charge in [0, 0.05) is 48.5 Å². The Hall–Kier alpha value is -1.70. The topological polar surface area (TPSA) is 82.2 Å². The zero-order valence-electron chi connectivity index (χ0n) is 13.0. The number of nitrogens with one attached hydrogen (secondary N) is 2. The van der Waals surface area contributed by atoms with Crippen molar-refractivity contribution in [1.29, 1.82) is 0 Å². The lowest BCUT2D eigenvalue weighted by Crippen LogP contribution is -2.13. The minimum Gasteiger partial charge on any atom is -0.609 e. The van der Waals surface area contributed by atoms with Gasteiger partial charge in [0.15, 0.2) is 0 Å². The number of hydrogen-bond donors (Lipinski definition) is 2. The molecule has 0 aliphatic rings. The average Bonchev–Trinajstić information content (AvgIpc) is 3.04. The standard InChI is InChI=1S/C15H21N3O3S/c1-11-8-13(16-6-7-20-2)12(9-14(11)21-3)10-22(19)15-17-4-5-18-15/h4-5,8-9,16H,6-7,10H2,1-3H3,(H,17,18). The first kappa shape index (κ1) is 16.7. The third-order valence-corrected chi connectivity index (χ3v) is 4.45. The lowest BCUT2D eigenvalue weighted by molar-refractivity contribution is 0.211. The van der Waals surface area contributed by atoms with E-state index in [1.165, 1.54) is 0 Å². The molecular weight excluding hydrogens is 302 g/mol. The number of benzene rings is 1. The number of aromatic amines is 1. The molecular formula is C15H21N3O3S. The van der Waals surface area contributed by atoms with Crippen molar-refractivity contribution in [2.24, 2.45) is 0 Å². The molecule has 2 rings (SSSR count). The largest absolute Gasteiger partial charge is 0.609 e. The van der Waals surface area contributed by atoms with E-state index < -0.39 is 11.2 Å². The number of nitrogens with zero attached hydrogens (tertiary/aromatic N) is 1. The lowest BCUT2D eigenvalue weighted by Gasteiger charge is -2.16. The Morgan fingerprint density at radius 1 is 1.36 bits per heavy atom. The molecule has 0 amide bonds. The molecule has 1 heterocycles. The van der Waals surface area contributed by atoms with Crippen molar-refractivity contribution in [2.45, 2.75) is 17.8 Å². The van der Waals surface area contributed by atoms with Crippen LogP contribution in [0.4, 0.5) is 5.69 Å². The number of aryl methyl sites for hydroxylation is 1. The SMILES string of the molecule is COCCNc1cc(C)c(OC)cc1C[S+]([O-])c1ncc[nH]1. The van der Waals surface area contributed by atoms with Crippen molar-refractivity contribution in [3.63, 3.8) is 0 Å². The molecule has 2 N–H and O–H groups in total. The van der Waals surface area contributed by atoms with Gasteiger partial charge in [0.25, 0.3) is 0 Å². The summed E-state index contributed by atoms with van der Waals surface area (Å²) in [6, 6.07) is 3.93. The summed E-state index contributed by atoms with van der Waals surface area (Å²) in [5, 5.41) is 3.79. The fraction of sp³-hybridized carbons (Fsp3) is 0.400. The molecule has 1 atom stereocenters. The number of anilines is 1. The van der Waals surface area contributed by atoms with Crippen molar-refractivity contribution in [3.05, 3.63) is 35.7 Å². The Labute approximate surface area is 133 Å². The van der Waals surface area contributed by atoms with Gasteiger partial charge in [-0.25, -0.2) is 0 Å². The molecule has 0 saturated carbocycles. The van der Waals surface area contributed by atoms with Crippen LogP contribution in [0.3, 0.4) is 0 Å².